The van der Waals surface area contributed by atoms with E-state index in [1.807, 2.05) is 24.3 Å². The van der Waals surface area contributed by atoms with Gasteiger partial charge in [0.25, 0.3) is 0 Å². The number of amides is 1. The van der Waals surface area contributed by atoms with Gasteiger partial charge in [-0.15, -0.1) is 0 Å². The lowest BCUT2D eigenvalue weighted by Gasteiger charge is -2.10. The molecule has 2 aromatic rings. The molecule has 0 saturated carbocycles. The van der Waals surface area contributed by atoms with Crippen molar-refractivity contribution in [2.45, 2.75) is 13.0 Å². The Bertz CT molecular complexity index is 600. The van der Waals surface area contributed by atoms with Gasteiger partial charge < -0.3 is 14.8 Å². The third kappa shape index (κ3) is 4.21. The summed E-state index contributed by atoms with van der Waals surface area (Å²) in [6.07, 6.45) is 3.67. The molecule has 0 bridgehead atoms. The fourth-order valence-electron chi connectivity index (χ4n) is 1.93. The smallest absolute Gasteiger partial charge is 0.224 e. The zero-order chi connectivity index (χ0) is 15.1. The van der Waals surface area contributed by atoms with Crippen molar-refractivity contribution in [1.82, 2.24) is 10.3 Å². The van der Waals surface area contributed by atoms with E-state index in [0.717, 1.165) is 11.1 Å². The molecule has 1 aromatic heterocycles. The van der Waals surface area contributed by atoms with E-state index in [1.54, 1.807) is 32.7 Å². The minimum atomic E-state index is -0.0599. The molecule has 2 rings (SSSR count). The molecule has 0 unspecified atom stereocenters. The van der Waals surface area contributed by atoms with E-state index in [9.17, 15) is 4.79 Å². The van der Waals surface area contributed by atoms with Crippen LogP contribution < -0.4 is 14.8 Å². The molecule has 1 amide bonds. The van der Waals surface area contributed by atoms with Gasteiger partial charge in [0.15, 0.2) is 0 Å². The zero-order valence-electron chi connectivity index (χ0n) is 12.1. The SMILES string of the molecule is COc1ccc(CC(=O)NCc2ccncc2)c(OC)c1. The maximum atomic E-state index is 12.0. The number of nitrogens with one attached hydrogen (secondary N) is 1. The Morgan fingerprint density at radius 1 is 1.14 bits per heavy atom. The van der Waals surface area contributed by atoms with E-state index in [4.69, 9.17) is 9.47 Å². The van der Waals surface area contributed by atoms with E-state index >= 15 is 0 Å². The number of hydrogen-bond acceptors (Lipinski definition) is 4. The van der Waals surface area contributed by atoms with Crippen LogP contribution in [0.3, 0.4) is 0 Å². The molecule has 0 fully saturated rings. The van der Waals surface area contributed by atoms with Gasteiger partial charge in [0.2, 0.25) is 5.91 Å². The molecule has 21 heavy (non-hydrogen) atoms. The summed E-state index contributed by atoms with van der Waals surface area (Å²) in [6, 6.07) is 9.16. The molecule has 110 valence electrons. The van der Waals surface area contributed by atoms with Crippen molar-refractivity contribution in [2.24, 2.45) is 0 Å². The number of carbonyl (C=O) groups is 1. The van der Waals surface area contributed by atoms with Crippen LogP contribution >= 0.6 is 0 Å². The Labute approximate surface area is 123 Å². The molecule has 0 aliphatic heterocycles. The summed E-state index contributed by atoms with van der Waals surface area (Å²) in [5.41, 5.74) is 1.84. The number of carbonyl (C=O) groups excluding carboxylic acids is 1. The molecule has 5 heteroatoms. The topological polar surface area (TPSA) is 60.5 Å². The second-order valence-corrected chi connectivity index (χ2v) is 4.49. The minimum absolute atomic E-state index is 0.0599. The van der Waals surface area contributed by atoms with Crippen LogP contribution in [0.25, 0.3) is 0 Å². The maximum Gasteiger partial charge on any atom is 0.224 e. The van der Waals surface area contributed by atoms with Crippen LogP contribution in [0.5, 0.6) is 11.5 Å². The Morgan fingerprint density at radius 2 is 1.90 bits per heavy atom. The van der Waals surface area contributed by atoms with Gasteiger partial charge in [0.05, 0.1) is 20.6 Å². The van der Waals surface area contributed by atoms with E-state index < -0.39 is 0 Å². The summed E-state index contributed by atoms with van der Waals surface area (Å²) in [6.45, 7) is 0.486. The third-order valence-corrected chi connectivity index (χ3v) is 3.08. The molecular formula is C16H18N2O3. The van der Waals surface area contributed by atoms with Gasteiger partial charge in [0, 0.05) is 30.6 Å². The summed E-state index contributed by atoms with van der Waals surface area (Å²) in [5, 5.41) is 2.87. The number of benzene rings is 1. The normalized spacial score (nSPS) is 10.0. The molecule has 0 saturated heterocycles. The highest BCUT2D eigenvalue weighted by Crippen LogP contribution is 2.24. The molecule has 1 aromatic carbocycles. The monoisotopic (exact) mass is 286 g/mol. The van der Waals surface area contributed by atoms with Crippen molar-refractivity contribution in [3.8, 4) is 11.5 Å². The van der Waals surface area contributed by atoms with Crippen molar-refractivity contribution in [3.63, 3.8) is 0 Å². The van der Waals surface area contributed by atoms with Crippen LogP contribution in [0.4, 0.5) is 0 Å². The van der Waals surface area contributed by atoms with Crippen molar-refractivity contribution in [2.75, 3.05) is 14.2 Å². The standard InChI is InChI=1S/C16H18N2O3/c1-20-14-4-3-13(15(10-14)21-2)9-16(19)18-11-12-5-7-17-8-6-12/h3-8,10H,9,11H2,1-2H3,(H,18,19). The Hall–Kier alpha value is -2.56. The summed E-state index contributed by atoms with van der Waals surface area (Å²) in [5.74, 6) is 1.29. The third-order valence-electron chi connectivity index (χ3n) is 3.08. The van der Waals surface area contributed by atoms with Crippen molar-refractivity contribution < 1.29 is 14.3 Å². The lowest BCUT2D eigenvalue weighted by Crippen LogP contribution is -2.24. The van der Waals surface area contributed by atoms with Crippen molar-refractivity contribution in [1.29, 1.82) is 0 Å². The minimum Gasteiger partial charge on any atom is -0.497 e. The number of rotatable bonds is 6. The summed E-state index contributed by atoms with van der Waals surface area (Å²) in [7, 11) is 3.17. The molecule has 0 spiro atoms. The second-order valence-electron chi connectivity index (χ2n) is 4.49. The van der Waals surface area contributed by atoms with Gasteiger partial charge in [-0.05, 0) is 23.8 Å². The quantitative estimate of drug-likeness (QED) is 0.882. The first kappa shape index (κ1) is 14.8. The Kier molecular flexibility index (Phi) is 5.15. The highest BCUT2D eigenvalue weighted by molar-refractivity contribution is 5.79. The molecule has 0 aliphatic carbocycles. The largest absolute Gasteiger partial charge is 0.497 e. The van der Waals surface area contributed by atoms with E-state index in [0.29, 0.717) is 18.0 Å². The van der Waals surface area contributed by atoms with Crippen LogP contribution in [0.15, 0.2) is 42.7 Å². The molecule has 0 radical (unpaired) electrons. The highest BCUT2D eigenvalue weighted by Gasteiger charge is 2.09. The number of nitrogens with zero attached hydrogens (tertiary/aromatic N) is 1. The van der Waals surface area contributed by atoms with Crippen molar-refractivity contribution in [3.05, 3.63) is 53.9 Å². The van der Waals surface area contributed by atoms with Gasteiger partial charge in [-0.25, -0.2) is 0 Å². The van der Waals surface area contributed by atoms with Crippen LogP contribution in [0.2, 0.25) is 0 Å². The maximum absolute atomic E-state index is 12.0. The van der Waals surface area contributed by atoms with Crippen LogP contribution in [-0.2, 0) is 17.8 Å². The molecular weight excluding hydrogens is 268 g/mol. The van der Waals surface area contributed by atoms with Gasteiger partial charge in [0.1, 0.15) is 11.5 Å². The first-order valence-corrected chi connectivity index (χ1v) is 6.59. The van der Waals surface area contributed by atoms with E-state index in [1.165, 1.54) is 0 Å². The van der Waals surface area contributed by atoms with E-state index in [2.05, 4.69) is 10.3 Å². The fourth-order valence-corrected chi connectivity index (χ4v) is 1.93. The number of aromatic nitrogens is 1. The summed E-state index contributed by atoms with van der Waals surface area (Å²) in [4.78, 5) is 15.9. The number of pyridine rings is 1. The van der Waals surface area contributed by atoms with E-state index in [-0.39, 0.29) is 12.3 Å². The van der Waals surface area contributed by atoms with Gasteiger partial charge in [-0.1, -0.05) is 6.07 Å². The van der Waals surface area contributed by atoms with Crippen LogP contribution in [0, 0.1) is 0 Å². The second kappa shape index (κ2) is 7.28. The predicted molar refractivity (Wildman–Crippen MR) is 79.3 cm³/mol. The number of hydrogen-bond donors (Lipinski definition) is 1. The number of ether oxygens (including phenoxy) is 2. The molecule has 1 heterocycles. The first-order valence-electron chi connectivity index (χ1n) is 6.59. The first-order chi connectivity index (χ1) is 10.2. The van der Waals surface area contributed by atoms with Gasteiger partial charge in [-0.2, -0.15) is 0 Å². The zero-order valence-corrected chi connectivity index (χ0v) is 12.1. The highest BCUT2D eigenvalue weighted by atomic mass is 16.5. The molecule has 5 nitrogen and oxygen atoms in total. The van der Waals surface area contributed by atoms with Crippen molar-refractivity contribution >= 4 is 5.91 Å². The molecule has 0 aliphatic rings. The Balaban J connectivity index is 1.96. The Morgan fingerprint density at radius 3 is 2.57 bits per heavy atom. The average molecular weight is 286 g/mol. The lowest BCUT2D eigenvalue weighted by atomic mass is 10.1. The van der Waals surface area contributed by atoms with Gasteiger partial charge >= 0.3 is 0 Å². The van der Waals surface area contributed by atoms with Crippen LogP contribution in [0.1, 0.15) is 11.1 Å². The summed E-state index contributed by atoms with van der Waals surface area (Å²) < 4.78 is 10.4. The number of methoxy groups -OCH3 is 2. The lowest BCUT2D eigenvalue weighted by molar-refractivity contribution is -0.120. The molecule has 1 N–H and O–H groups in total. The fraction of sp³-hybridized carbons (Fsp3) is 0.250. The van der Waals surface area contributed by atoms with Gasteiger partial charge in [-0.3, -0.25) is 9.78 Å². The average Bonchev–Trinajstić information content (AvgIpc) is 2.54. The molecule has 0 atom stereocenters. The van der Waals surface area contributed by atoms with Crippen LogP contribution in [-0.4, -0.2) is 25.1 Å². The summed E-state index contributed by atoms with van der Waals surface area (Å²) >= 11 is 0. The predicted octanol–water partition coefficient (Wildman–Crippen LogP) is 1.96.